The predicted octanol–water partition coefficient (Wildman–Crippen LogP) is 1.39. The summed E-state index contributed by atoms with van der Waals surface area (Å²) in [7, 11) is 3.13. The van der Waals surface area contributed by atoms with Gasteiger partial charge in [-0.25, -0.2) is 0 Å². The first-order valence-corrected chi connectivity index (χ1v) is 7.10. The van der Waals surface area contributed by atoms with Crippen molar-refractivity contribution in [2.24, 2.45) is 11.1 Å². The summed E-state index contributed by atoms with van der Waals surface area (Å²) in [5.74, 6) is -0.907. The van der Waals surface area contributed by atoms with E-state index >= 15 is 0 Å². The van der Waals surface area contributed by atoms with E-state index < -0.39 is 0 Å². The van der Waals surface area contributed by atoms with Gasteiger partial charge in [0.05, 0.1) is 11.1 Å². The van der Waals surface area contributed by atoms with E-state index in [-0.39, 0.29) is 41.1 Å². The molecule has 0 bridgehead atoms. The number of nitrogens with zero attached hydrogens (tertiary/aromatic N) is 2. The Labute approximate surface area is 142 Å². The van der Waals surface area contributed by atoms with Gasteiger partial charge in [0, 0.05) is 26.2 Å². The summed E-state index contributed by atoms with van der Waals surface area (Å²) in [6, 6.07) is 4.61. The molecule has 126 valence electrons. The van der Waals surface area contributed by atoms with Crippen LogP contribution in [0.4, 0.5) is 0 Å². The summed E-state index contributed by atoms with van der Waals surface area (Å²) >= 11 is 0. The summed E-state index contributed by atoms with van der Waals surface area (Å²) in [6.45, 7) is 4.94. The SMILES string of the molecule is CN(CC(C)(C)CN)C(=O)c1ccc2c(c1)C(=O)N(C)C2=O.Cl. The highest BCUT2D eigenvalue weighted by molar-refractivity contribution is 6.21. The minimum Gasteiger partial charge on any atom is -0.341 e. The van der Waals surface area contributed by atoms with Crippen LogP contribution in [0.2, 0.25) is 0 Å². The molecule has 0 fully saturated rings. The fourth-order valence-corrected chi connectivity index (χ4v) is 2.49. The highest BCUT2D eigenvalue weighted by Gasteiger charge is 2.33. The maximum absolute atomic E-state index is 12.5. The lowest BCUT2D eigenvalue weighted by atomic mass is 9.93. The maximum atomic E-state index is 12.5. The monoisotopic (exact) mass is 339 g/mol. The minimum absolute atomic E-state index is 0. The van der Waals surface area contributed by atoms with Crippen molar-refractivity contribution < 1.29 is 14.4 Å². The normalized spacial score (nSPS) is 13.7. The van der Waals surface area contributed by atoms with Crippen LogP contribution in [-0.2, 0) is 0 Å². The molecule has 0 spiro atoms. The van der Waals surface area contributed by atoms with Gasteiger partial charge in [0.15, 0.2) is 0 Å². The average Bonchev–Trinajstić information content (AvgIpc) is 2.70. The molecule has 7 heteroatoms. The number of fused-ring (bicyclic) bond motifs is 1. The molecule has 2 N–H and O–H groups in total. The fraction of sp³-hybridized carbons (Fsp3) is 0.438. The number of hydrogen-bond acceptors (Lipinski definition) is 4. The number of halogens is 1. The first-order valence-electron chi connectivity index (χ1n) is 7.10. The molecule has 6 nitrogen and oxygen atoms in total. The molecular formula is C16H22ClN3O3. The lowest BCUT2D eigenvalue weighted by Gasteiger charge is -2.29. The Bertz CT molecular complexity index is 658. The maximum Gasteiger partial charge on any atom is 0.261 e. The Morgan fingerprint density at radius 1 is 1.22 bits per heavy atom. The number of carbonyl (C=O) groups excluding carboxylic acids is 3. The molecule has 0 aliphatic carbocycles. The van der Waals surface area contributed by atoms with Crippen LogP contribution in [0.5, 0.6) is 0 Å². The zero-order valence-electron chi connectivity index (χ0n) is 13.8. The van der Waals surface area contributed by atoms with Crippen LogP contribution in [0.1, 0.15) is 44.9 Å². The smallest absolute Gasteiger partial charge is 0.261 e. The zero-order chi connectivity index (χ0) is 16.7. The van der Waals surface area contributed by atoms with Crippen molar-refractivity contribution in [3.05, 3.63) is 34.9 Å². The van der Waals surface area contributed by atoms with Gasteiger partial charge in [-0.1, -0.05) is 13.8 Å². The second-order valence-electron chi connectivity index (χ2n) is 6.46. The molecule has 1 aromatic carbocycles. The first-order chi connectivity index (χ1) is 10.2. The molecule has 0 saturated heterocycles. The minimum atomic E-state index is -0.375. The quantitative estimate of drug-likeness (QED) is 0.840. The predicted molar refractivity (Wildman–Crippen MR) is 89.9 cm³/mol. The van der Waals surface area contributed by atoms with Gasteiger partial charge >= 0.3 is 0 Å². The van der Waals surface area contributed by atoms with Gasteiger partial charge in [0.1, 0.15) is 0 Å². The molecule has 0 aromatic heterocycles. The number of hydrogen-bond donors (Lipinski definition) is 1. The molecule has 2 rings (SSSR count). The number of amides is 3. The van der Waals surface area contributed by atoms with Gasteiger partial charge in [-0.2, -0.15) is 0 Å². The lowest BCUT2D eigenvalue weighted by Crippen LogP contribution is -2.39. The van der Waals surface area contributed by atoms with Crippen LogP contribution in [0.15, 0.2) is 18.2 Å². The molecule has 23 heavy (non-hydrogen) atoms. The molecular weight excluding hydrogens is 318 g/mol. The van der Waals surface area contributed by atoms with E-state index in [1.54, 1.807) is 18.0 Å². The molecule has 1 aromatic rings. The van der Waals surface area contributed by atoms with E-state index in [0.717, 1.165) is 4.90 Å². The van der Waals surface area contributed by atoms with Crippen molar-refractivity contribution in [1.82, 2.24) is 9.80 Å². The number of carbonyl (C=O) groups is 3. The molecule has 0 radical (unpaired) electrons. The molecule has 1 heterocycles. The third-order valence-electron chi connectivity index (χ3n) is 3.90. The van der Waals surface area contributed by atoms with Crippen molar-refractivity contribution in [1.29, 1.82) is 0 Å². The van der Waals surface area contributed by atoms with E-state index in [1.807, 2.05) is 13.8 Å². The van der Waals surface area contributed by atoms with Crippen LogP contribution in [-0.4, -0.2) is 54.7 Å². The Morgan fingerprint density at radius 2 is 1.78 bits per heavy atom. The van der Waals surface area contributed by atoms with Gasteiger partial charge in [0.2, 0.25) is 0 Å². The van der Waals surface area contributed by atoms with Gasteiger partial charge < -0.3 is 10.6 Å². The topological polar surface area (TPSA) is 83.7 Å². The average molecular weight is 340 g/mol. The van der Waals surface area contributed by atoms with Gasteiger partial charge in [0.25, 0.3) is 17.7 Å². The Hall–Kier alpha value is -1.92. The van der Waals surface area contributed by atoms with Crippen LogP contribution >= 0.6 is 12.4 Å². The van der Waals surface area contributed by atoms with Crippen LogP contribution in [0.3, 0.4) is 0 Å². The van der Waals surface area contributed by atoms with Crippen molar-refractivity contribution in [3.8, 4) is 0 Å². The fourth-order valence-electron chi connectivity index (χ4n) is 2.49. The Morgan fingerprint density at radius 3 is 2.35 bits per heavy atom. The van der Waals surface area contributed by atoms with Gasteiger partial charge in [-0.3, -0.25) is 19.3 Å². The van der Waals surface area contributed by atoms with Crippen LogP contribution < -0.4 is 5.73 Å². The Balaban J connectivity index is 0.00000264. The van der Waals surface area contributed by atoms with Crippen LogP contribution in [0.25, 0.3) is 0 Å². The van der Waals surface area contributed by atoms with Crippen molar-refractivity contribution in [3.63, 3.8) is 0 Å². The standard InChI is InChI=1S/C16H21N3O3.ClH/c1-16(2,8-17)9-18(3)13(20)10-5-6-11-12(7-10)15(22)19(4)14(11)21;/h5-7H,8-9,17H2,1-4H3;1H. The zero-order valence-corrected chi connectivity index (χ0v) is 14.6. The Kier molecular flexibility index (Phi) is 5.56. The summed E-state index contributed by atoms with van der Waals surface area (Å²) in [5.41, 5.74) is 6.52. The van der Waals surface area contributed by atoms with Gasteiger partial charge in [-0.15, -0.1) is 12.4 Å². The molecule has 0 atom stereocenters. The summed E-state index contributed by atoms with van der Waals surface area (Å²) in [5, 5.41) is 0. The highest BCUT2D eigenvalue weighted by Crippen LogP contribution is 2.24. The van der Waals surface area contributed by atoms with Gasteiger partial charge in [-0.05, 0) is 30.2 Å². The second-order valence-corrected chi connectivity index (χ2v) is 6.46. The number of nitrogens with two attached hydrogens (primary N) is 1. The van der Waals surface area contributed by atoms with Crippen molar-refractivity contribution in [2.45, 2.75) is 13.8 Å². The van der Waals surface area contributed by atoms with E-state index in [0.29, 0.717) is 24.2 Å². The third kappa shape index (κ3) is 3.54. The second kappa shape index (κ2) is 6.68. The number of rotatable bonds is 4. The van der Waals surface area contributed by atoms with E-state index in [4.69, 9.17) is 5.73 Å². The molecule has 3 amide bonds. The summed E-state index contributed by atoms with van der Waals surface area (Å²) < 4.78 is 0. The molecule has 0 unspecified atom stereocenters. The lowest BCUT2D eigenvalue weighted by molar-refractivity contribution is 0.0692. The highest BCUT2D eigenvalue weighted by atomic mass is 35.5. The third-order valence-corrected chi connectivity index (χ3v) is 3.90. The number of benzene rings is 1. The first kappa shape index (κ1) is 19.1. The number of imide groups is 1. The van der Waals surface area contributed by atoms with E-state index in [2.05, 4.69) is 0 Å². The largest absolute Gasteiger partial charge is 0.341 e. The summed E-state index contributed by atoms with van der Waals surface area (Å²) in [6.07, 6.45) is 0. The molecule has 1 aliphatic rings. The van der Waals surface area contributed by atoms with E-state index in [1.165, 1.54) is 19.2 Å². The van der Waals surface area contributed by atoms with Crippen LogP contribution in [0, 0.1) is 5.41 Å². The molecule has 1 aliphatic heterocycles. The molecule has 0 saturated carbocycles. The van der Waals surface area contributed by atoms with E-state index in [9.17, 15) is 14.4 Å². The van der Waals surface area contributed by atoms with Crippen molar-refractivity contribution >= 4 is 30.1 Å². The van der Waals surface area contributed by atoms with Crippen molar-refractivity contribution in [2.75, 3.05) is 27.2 Å². The summed E-state index contributed by atoms with van der Waals surface area (Å²) in [4.78, 5) is 39.0.